The Bertz CT molecular complexity index is 2060. The second-order valence-electron chi connectivity index (χ2n) is 12.6. The molecule has 0 radical (unpaired) electrons. The van der Waals surface area contributed by atoms with Crippen molar-refractivity contribution in [2.24, 2.45) is 16.6 Å². The zero-order valence-corrected chi connectivity index (χ0v) is 26.0. The Labute approximate surface area is 264 Å². The molecule has 45 heavy (non-hydrogen) atoms. The number of aromatic nitrogens is 1. The van der Waals surface area contributed by atoms with Gasteiger partial charge in [-0.3, -0.25) is 9.59 Å². The van der Waals surface area contributed by atoms with Crippen molar-refractivity contribution in [3.05, 3.63) is 76.9 Å². The molecule has 3 aliphatic rings. The lowest BCUT2D eigenvalue weighted by atomic mass is 9.99. The fourth-order valence-electron chi connectivity index (χ4n) is 6.90. The summed E-state index contributed by atoms with van der Waals surface area (Å²) in [6, 6.07) is 18.0. The maximum atomic E-state index is 14.3. The number of aryl methyl sites for hydroxylation is 1. The zero-order valence-electron chi connectivity index (χ0n) is 25.2. The number of nitrogens with two attached hydrogens (primary N) is 1. The number of carbonyl (C=O) groups is 2. The number of fused-ring (bicyclic) bond motifs is 3. The molecule has 2 fully saturated rings. The molecule has 0 bridgehead atoms. The summed E-state index contributed by atoms with van der Waals surface area (Å²) < 4.78 is 23.5. The number of hydrogen-bond acceptors (Lipinski definition) is 5. The average Bonchev–Trinajstić information content (AvgIpc) is 3.56. The molecule has 3 aromatic carbocycles. The topological polar surface area (TPSA) is 89.9 Å². The van der Waals surface area contributed by atoms with Gasteiger partial charge in [0.15, 0.2) is 0 Å². The number of rotatable bonds is 6. The molecule has 8 rings (SSSR count). The quantitative estimate of drug-likeness (QED) is 0.221. The maximum absolute atomic E-state index is 14.3. The number of amides is 2. The van der Waals surface area contributed by atoms with E-state index in [-0.39, 0.29) is 30.8 Å². The van der Waals surface area contributed by atoms with Gasteiger partial charge >= 0.3 is 0 Å². The minimum atomic E-state index is -1.12. The van der Waals surface area contributed by atoms with Crippen LogP contribution in [-0.2, 0) is 6.54 Å². The minimum absolute atomic E-state index is 0.0560. The number of methoxy groups -OCH3 is 1. The van der Waals surface area contributed by atoms with Crippen molar-refractivity contribution in [2.45, 2.75) is 44.9 Å². The van der Waals surface area contributed by atoms with E-state index in [1.54, 1.807) is 30.7 Å². The van der Waals surface area contributed by atoms with Gasteiger partial charge in [-0.25, -0.2) is 9.38 Å². The monoisotopic (exact) mass is 620 g/mol. The molecule has 7 nitrogen and oxygen atoms in total. The van der Waals surface area contributed by atoms with Crippen LogP contribution >= 0.6 is 11.3 Å². The predicted octanol–water partition coefficient (Wildman–Crippen LogP) is 7.00. The highest BCUT2D eigenvalue weighted by molar-refractivity contribution is 7.22. The number of ether oxygens (including phenoxy) is 1. The van der Waals surface area contributed by atoms with Gasteiger partial charge in [-0.05, 0) is 79.1 Å². The third kappa shape index (κ3) is 4.85. The van der Waals surface area contributed by atoms with Crippen LogP contribution in [0, 0.1) is 12.8 Å². The van der Waals surface area contributed by atoms with Crippen LogP contribution in [0.15, 0.2) is 59.6 Å². The largest absolute Gasteiger partial charge is 0.496 e. The van der Waals surface area contributed by atoms with Crippen molar-refractivity contribution >= 4 is 50.4 Å². The Balaban J connectivity index is 1.23. The summed E-state index contributed by atoms with van der Waals surface area (Å²) in [7, 11) is 1.62. The standard InChI is InChI=1S/C36H33FN4O3S/c1-19-33-31(44-2)12-25(36(43)40-17-26(37)14-27(38)18-40)13-32(33)45-34(19)30-11-23-7-5-22(10-29(23)41(30)16-20-3-4-20)21-6-8-24-15-39-35(42)28(24)9-21/h5-13,15,20,26-27H,3-4,14,16-18,38H2,1-2H3/t26-,27-/m1/s1. The van der Waals surface area contributed by atoms with E-state index in [4.69, 9.17) is 10.5 Å². The van der Waals surface area contributed by atoms with E-state index in [1.807, 2.05) is 24.3 Å². The van der Waals surface area contributed by atoms with Crippen LogP contribution in [0.3, 0.4) is 0 Å². The van der Waals surface area contributed by atoms with Crippen LogP contribution in [0.2, 0.25) is 0 Å². The lowest BCUT2D eigenvalue weighted by Crippen LogP contribution is -2.50. The number of alkyl halides is 1. The van der Waals surface area contributed by atoms with Crippen LogP contribution in [0.1, 0.15) is 51.1 Å². The number of likely N-dealkylation sites (tertiary alicyclic amines) is 1. The molecule has 2 N–H and O–H groups in total. The van der Waals surface area contributed by atoms with Crippen molar-refractivity contribution in [3.8, 4) is 27.4 Å². The first kappa shape index (κ1) is 28.2. The SMILES string of the molecule is COc1cc(C(=O)N2C[C@H](N)C[C@@H](F)C2)cc2sc(-c3cc4ccc(-c5ccc6c(c5)C(=O)N=C6)cc4n3CC3CC3)c(C)c12. The van der Waals surface area contributed by atoms with Gasteiger partial charge in [-0.15, -0.1) is 11.3 Å². The number of hydrogen-bond donors (Lipinski definition) is 1. The number of nitrogens with zero attached hydrogens (tertiary/aromatic N) is 3. The molecule has 228 valence electrons. The molecule has 2 aromatic heterocycles. The van der Waals surface area contributed by atoms with E-state index in [9.17, 15) is 14.0 Å². The van der Waals surface area contributed by atoms with Crippen molar-refractivity contribution in [3.63, 3.8) is 0 Å². The number of benzene rings is 3. The normalized spacial score (nSPS) is 19.6. The smallest absolute Gasteiger partial charge is 0.277 e. The molecule has 2 amide bonds. The molecule has 0 spiro atoms. The summed E-state index contributed by atoms with van der Waals surface area (Å²) in [5.41, 5.74) is 13.5. The number of aliphatic imine (C=N–C) groups is 1. The summed E-state index contributed by atoms with van der Waals surface area (Å²) in [6.45, 7) is 3.43. The zero-order chi connectivity index (χ0) is 31.0. The van der Waals surface area contributed by atoms with E-state index in [0.29, 0.717) is 29.3 Å². The van der Waals surface area contributed by atoms with Crippen molar-refractivity contribution in [1.82, 2.24) is 9.47 Å². The first-order valence-corrected chi connectivity index (χ1v) is 16.3. The first-order chi connectivity index (χ1) is 21.8. The van der Waals surface area contributed by atoms with Gasteiger partial charge in [-0.2, -0.15) is 0 Å². The fourth-order valence-corrected chi connectivity index (χ4v) is 8.19. The van der Waals surface area contributed by atoms with E-state index in [2.05, 4.69) is 40.7 Å². The molecular weight excluding hydrogens is 587 g/mol. The van der Waals surface area contributed by atoms with Gasteiger partial charge in [0, 0.05) is 57.5 Å². The number of piperidine rings is 1. The maximum Gasteiger partial charge on any atom is 0.277 e. The lowest BCUT2D eigenvalue weighted by molar-refractivity contribution is 0.0606. The molecule has 9 heteroatoms. The Morgan fingerprint density at radius 2 is 1.89 bits per heavy atom. The van der Waals surface area contributed by atoms with Gasteiger partial charge in [0.25, 0.3) is 11.8 Å². The number of halogens is 1. The van der Waals surface area contributed by atoms with Gasteiger partial charge < -0.3 is 19.9 Å². The van der Waals surface area contributed by atoms with Gasteiger partial charge in [0.1, 0.15) is 11.9 Å². The minimum Gasteiger partial charge on any atom is -0.496 e. The average molecular weight is 621 g/mol. The molecule has 1 saturated heterocycles. The summed E-state index contributed by atoms with van der Waals surface area (Å²) in [4.78, 5) is 32.4. The van der Waals surface area contributed by atoms with E-state index >= 15 is 0 Å². The van der Waals surface area contributed by atoms with Crippen LogP contribution < -0.4 is 10.5 Å². The van der Waals surface area contributed by atoms with E-state index in [1.165, 1.54) is 17.7 Å². The predicted molar refractivity (Wildman–Crippen MR) is 178 cm³/mol. The highest BCUT2D eigenvalue weighted by atomic mass is 32.1. The van der Waals surface area contributed by atoms with Crippen molar-refractivity contribution < 1.29 is 18.7 Å². The molecule has 2 aliphatic heterocycles. The lowest BCUT2D eigenvalue weighted by Gasteiger charge is -2.33. The third-order valence-corrected chi connectivity index (χ3v) is 10.7. The molecule has 5 aromatic rings. The molecule has 1 saturated carbocycles. The second-order valence-corrected chi connectivity index (χ2v) is 13.7. The highest BCUT2D eigenvalue weighted by Crippen LogP contribution is 2.46. The Morgan fingerprint density at radius 1 is 1.09 bits per heavy atom. The van der Waals surface area contributed by atoms with Crippen LogP contribution in [-0.4, -0.2) is 59.9 Å². The van der Waals surface area contributed by atoms with Crippen LogP contribution in [0.25, 0.3) is 42.7 Å². The number of thiophene rings is 1. The second kappa shape index (κ2) is 10.6. The van der Waals surface area contributed by atoms with Crippen LogP contribution in [0.5, 0.6) is 5.75 Å². The van der Waals surface area contributed by atoms with Crippen molar-refractivity contribution in [1.29, 1.82) is 0 Å². The fraction of sp³-hybridized carbons (Fsp3) is 0.306. The molecule has 0 unspecified atom stereocenters. The first-order valence-electron chi connectivity index (χ1n) is 15.4. The number of carbonyl (C=O) groups excluding carboxylic acids is 2. The Morgan fingerprint density at radius 3 is 2.67 bits per heavy atom. The van der Waals surface area contributed by atoms with Crippen molar-refractivity contribution in [2.75, 3.05) is 20.2 Å². The molecule has 2 atom stereocenters. The summed E-state index contributed by atoms with van der Waals surface area (Å²) >= 11 is 1.66. The summed E-state index contributed by atoms with van der Waals surface area (Å²) in [6.07, 6.45) is 3.22. The van der Waals surface area contributed by atoms with E-state index < -0.39 is 6.17 Å². The Kier molecular flexibility index (Phi) is 6.65. The van der Waals surface area contributed by atoms with Gasteiger partial charge in [0.2, 0.25) is 0 Å². The summed E-state index contributed by atoms with van der Waals surface area (Å²) in [5.74, 6) is 0.854. The molecular formula is C36H33FN4O3S. The molecule has 1 aliphatic carbocycles. The Hall–Kier alpha value is -4.34. The van der Waals surface area contributed by atoms with Gasteiger partial charge in [-0.1, -0.05) is 24.3 Å². The van der Waals surface area contributed by atoms with E-state index in [0.717, 1.165) is 60.4 Å². The third-order valence-electron chi connectivity index (χ3n) is 9.39. The highest BCUT2D eigenvalue weighted by Gasteiger charge is 2.30. The van der Waals surface area contributed by atoms with Crippen LogP contribution in [0.4, 0.5) is 4.39 Å². The molecule has 4 heterocycles. The summed E-state index contributed by atoms with van der Waals surface area (Å²) in [5, 5.41) is 2.14. The van der Waals surface area contributed by atoms with Gasteiger partial charge in [0.05, 0.1) is 29.8 Å².